The number of aryl methyl sites for hydroxylation is 1. The number of aromatic nitrogens is 2. The Labute approximate surface area is 257 Å². The zero-order valence-corrected chi connectivity index (χ0v) is 25.0. The first-order valence-corrected chi connectivity index (χ1v) is 15.2. The number of carboxylic acid groups (broad SMARTS) is 2. The van der Waals surface area contributed by atoms with Crippen molar-refractivity contribution in [3.05, 3.63) is 78.1 Å². The third-order valence-electron chi connectivity index (χ3n) is 7.91. The molecule has 5 rings (SSSR count). The molecule has 1 amide bonds. The minimum atomic E-state index is -1.26. The van der Waals surface area contributed by atoms with Crippen LogP contribution in [0.3, 0.4) is 0 Å². The molecule has 1 aromatic heterocycles. The van der Waals surface area contributed by atoms with Crippen LogP contribution in [0.4, 0.5) is 0 Å². The van der Waals surface area contributed by atoms with Crippen LogP contribution in [0.1, 0.15) is 48.3 Å². The van der Waals surface area contributed by atoms with Crippen LogP contribution in [-0.4, -0.2) is 104 Å². The van der Waals surface area contributed by atoms with E-state index >= 15 is 0 Å². The molecule has 11 heteroatoms. The van der Waals surface area contributed by atoms with Crippen LogP contribution < -0.4 is 0 Å². The lowest BCUT2D eigenvalue weighted by Crippen LogP contribution is -2.50. The molecule has 11 nitrogen and oxygen atoms in total. The highest BCUT2D eigenvalue weighted by molar-refractivity contribution is 5.96. The molecule has 2 fully saturated rings. The minimum absolute atomic E-state index is 0.155. The van der Waals surface area contributed by atoms with Gasteiger partial charge in [0.2, 0.25) is 5.91 Å². The zero-order valence-electron chi connectivity index (χ0n) is 25.0. The van der Waals surface area contributed by atoms with E-state index in [2.05, 4.69) is 25.3 Å². The van der Waals surface area contributed by atoms with E-state index in [9.17, 15) is 19.2 Å². The van der Waals surface area contributed by atoms with Crippen LogP contribution in [0.5, 0.6) is 0 Å². The summed E-state index contributed by atoms with van der Waals surface area (Å²) in [5.74, 6) is -1.07. The van der Waals surface area contributed by atoms with Gasteiger partial charge < -0.3 is 19.7 Å². The highest BCUT2D eigenvalue weighted by Gasteiger charge is 2.24. The fraction of sp³-hybridized carbons (Fsp3) is 0.424. The Morgan fingerprint density at radius 1 is 0.727 bits per heavy atom. The summed E-state index contributed by atoms with van der Waals surface area (Å²) in [6, 6.07) is 17.7. The molecule has 2 aliphatic heterocycles. The van der Waals surface area contributed by atoms with Crippen molar-refractivity contribution < 1.29 is 29.4 Å². The van der Waals surface area contributed by atoms with Crippen molar-refractivity contribution in [3.8, 4) is 0 Å². The second-order valence-electron chi connectivity index (χ2n) is 11.1. The van der Waals surface area contributed by atoms with Gasteiger partial charge in [0.25, 0.3) is 0 Å². The molecule has 0 atom stereocenters. The van der Waals surface area contributed by atoms with Crippen molar-refractivity contribution in [2.45, 2.75) is 45.2 Å². The van der Waals surface area contributed by atoms with E-state index in [1.165, 1.54) is 12.8 Å². The molecule has 2 N–H and O–H groups in total. The average molecular weight is 604 g/mol. The molecule has 0 radical (unpaired) electrons. The molecule has 0 bridgehead atoms. The number of nitrogens with zero attached hydrogens (tertiary/aromatic N) is 5. The van der Waals surface area contributed by atoms with Crippen molar-refractivity contribution in [1.82, 2.24) is 24.3 Å². The SMILES string of the molecule is O=C(CCn1c(CN2CCN(CC(=O)N3CCCCCC3)CC2)nc2ccccc21)c1ccccc1.O=C(O)/C=C\C(=O)O. The van der Waals surface area contributed by atoms with Gasteiger partial charge in [0.05, 0.1) is 24.1 Å². The number of imidazole rings is 1. The predicted octanol–water partition coefficient (Wildman–Crippen LogP) is 3.54. The Kier molecular flexibility index (Phi) is 12.2. The largest absolute Gasteiger partial charge is 0.478 e. The Bertz CT molecular complexity index is 1420. The third kappa shape index (κ3) is 9.85. The van der Waals surface area contributed by atoms with E-state index in [0.29, 0.717) is 31.7 Å². The van der Waals surface area contributed by atoms with Crippen molar-refractivity contribution in [1.29, 1.82) is 0 Å². The summed E-state index contributed by atoms with van der Waals surface area (Å²) in [5, 5.41) is 15.6. The lowest BCUT2D eigenvalue weighted by molar-refractivity contribution is -0.134. The molecular formula is C33H41N5O6. The van der Waals surface area contributed by atoms with Crippen molar-refractivity contribution in [3.63, 3.8) is 0 Å². The number of likely N-dealkylation sites (tertiary alicyclic amines) is 1. The highest BCUT2D eigenvalue weighted by Crippen LogP contribution is 2.20. The van der Waals surface area contributed by atoms with E-state index in [-0.39, 0.29) is 11.7 Å². The monoisotopic (exact) mass is 603 g/mol. The first-order chi connectivity index (χ1) is 21.3. The minimum Gasteiger partial charge on any atom is -0.478 e. The number of hydrogen-bond acceptors (Lipinski definition) is 7. The Morgan fingerprint density at radius 2 is 1.32 bits per heavy atom. The van der Waals surface area contributed by atoms with Crippen LogP contribution >= 0.6 is 0 Å². The summed E-state index contributed by atoms with van der Waals surface area (Å²) >= 11 is 0. The first kappa shape index (κ1) is 32.6. The summed E-state index contributed by atoms with van der Waals surface area (Å²) in [7, 11) is 0. The number of ketones is 1. The van der Waals surface area contributed by atoms with E-state index in [1.54, 1.807) is 0 Å². The summed E-state index contributed by atoms with van der Waals surface area (Å²) in [6.07, 6.45) is 6.32. The normalized spacial score (nSPS) is 16.3. The lowest BCUT2D eigenvalue weighted by atomic mass is 10.1. The van der Waals surface area contributed by atoms with E-state index in [1.807, 2.05) is 48.5 Å². The van der Waals surface area contributed by atoms with E-state index < -0.39 is 11.9 Å². The molecule has 2 saturated heterocycles. The van der Waals surface area contributed by atoms with Gasteiger partial charge in [-0.25, -0.2) is 14.6 Å². The maximum Gasteiger partial charge on any atom is 0.328 e. The van der Waals surface area contributed by atoms with Crippen LogP contribution in [0, 0.1) is 0 Å². The summed E-state index contributed by atoms with van der Waals surface area (Å²) < 4.78 is 2.21. The molecule has 0 spiro atoms. The van der Waals surface area contributed by atoms with Crippen molar-refractivity contribution >= 4 is 34.7 Å². The Balaban J connectivity index is 0.000000488. The van der Waals surface area contributed by atoms with Crippen LogP contribution in [0.15, 0.2) is 66.7 Å². The number of carboxylic acids is 2. The van der Waals surface area contributed by atoms with E-state index in [0.717, 1.165) is 81.1 Å². The van der Waals surface area contributed by atoms with E-state index in [4.69, 9.17) is 15.2 Å². The number of benzene rings is 2. The standard InChI is InChI=1S/C29H37N5O2.C4H4O4/c35-27(24-10-4-3-5-11-24)14-17-34-26-13-7-6-12-25(26)30-28(34)22-31-18-20-32(21-19-31)23-29(36)33-15-8-1-2-9-16-33;5-3(6)1-2-4(7)8/h3-7,10-13H,1-2,8-9,14-23H2;1-2H,(H,5,6)(H,7,8)/b;2-1-. The predicted molar refractivity (Wildman–Crippen MR) is 166 cm³/mol. The number of piperazine rings is 1. The van der Waals surface area contributed by atoms with Gasteiger partial charge in [-0.3, -0.25) is 19.4 Å². The first-order valence-electron chi connectivity index (χ1n) is 15.2. The number of rotatable bonds is 10. The molecule has 3 heterocycles. The Morgan fingerprint density at radius 3 is 1.95 bits per heavy atom. The van der Waals surface area contributed by atoms with Crippen molar-refractivity contribution in [2.75, 3.05) is 45.8 Å². The molecule has 3 aromatic rings. The Hall–Kier alpha value is -4.35. The maximum absolute atomic E-state index is 12.8. The van der Waals surface area contributed by atoms with Gasteiger partial charge >= 0.3 is 11.9 Å². The fourth-order valence-corrected chi connectivity index (χ4v) is 5.54. The number of hydrogen-bond donors (Lipinski definition) is 2. The van der Waals surface area contributed by atoms with Crippen LogP contribution in [0.25, 0.3) is 11.0 Å². The molecule has 0 saturated carbocycles. The zero-order chi connectivity index (χ0) is 31.3. The number of Topliss-reactive ketones (excluding diaryl/α,β-unsaturated/α-hetero) is 1. The third-order valence-corrected chi connectivity index (χ3v) is 7.91. The molecule has 2 aromatic carbocycles. The maximum atomic E-state index is 12.8. The molecule has 0 unspecified atom stereocenters. The van der Waals surface area contributed by atoms with Crippen LogP contribution in [0.2, 0.25) is 0 Å². The molecular weight excluding hydrogens is 562 g/mol. The number of fused-ring (bicyclic) bond motifs is 1. The summed E-state index contributed by atoms with van der Waals surface area (Å²) in [5.41, 5.74) is 2.81. The number of carbonyl (C=O) groups is 4. The molecule has 234 valence electrons. The fourth-order valence-electron chi connectivity index (χ4n) is 5.54. The van der Waals surface area contributed by atoms with Gasteiger partial charge in [-0.1, -0.05) is 55.3 Å². The molecule has 2 aliphatic rings. The number of amides is 1. The molecule has 0 aliphatic carbocycles. The second kappa shape index (κ2) is 16.5. The smallest absolute Gasteiger partial charge is 0.328 e. The average Bonchev–Trinajstić information content (AvgIpc) is 3.17. The van der Waals surface area contributed by atoms with Gasteiger partial charge in [-0.15, -0.1) is 0 Å². The second-order valence-corrected chi connectivity index (χ2v) is 11.1. The van der Waals surface area contributed by atoms with Gasteiger partial charge in [-0.2, -0.15) is 0 Å². The lowest BCUT2D eigenvalue weighted by Gasteiger charge is -2.35. The van der Waals surface area contributed by atoms with Gasteiger partial charge in [0, 0.05) is 69.9 Å². The highest BCUT2D eigenvalue weighted by atomic mass is 16.4. The summed E-state index contributed by atoms with van der Waals surface area (Å²) in [6.45, 7) is 7.37. The van der Waals surface area contributed by atoms with Crippen LogP contribution in [-0.2, 0) is 27.5 Å². The van der Waals surface area contributed by atoms with Gasteiger partial charge in [0.15, 0.2) is 5.78 Å². The molecule has 44 heavy (non-hydrogen) atoms. The topological polar surface area (TPSA) is 136 Å². The summed E-state index contributed by atoms with van der Waals surface area (Å²) in [4.78, 5) is 56.4. The van der Waals surface area contributed by atoms with Crippen molar-refractivity contribution in [2.24, 2.45) is 0 Å². The van der Waals surface area contributed by atoms with Gasteiger partial charge in [0.1, 0.15) is 5.82 Å². The number of aliphatic carboxylic acids is 2. The number of para-hydroxylation sites is 2. The quantitative estimate of drug-likeness (QED) is 0.263. The van der Waals surface area contributed by atoms with Gasteiger partial charge in [-0.05, 0) is 25.0 Å². The number of carbonyl (C=O) groups excluding carboxylic acids is 2.